The lowest BCUT2D eigenvalue weighted by Crippen LogP contribution is -2.45. The van der Waals surface area contributed by atoms with Gasteiger partial charge >= 0.3 is 0 Å². The Morgan fingerprint density at radius 1 is 0.964 bits per heavy atom. The fourth-order valence-corrected chi connectivity index (χ4v) is 4.93. The first kappa shape index (κ1) is 22.2. The first-order chi connectivity index (χ1) is 12.9. The van der Waals surface area contributed by atoms with E-state index in [2.05, 4.69) is 30.5 Å². The van der Waals surface area contributed by atoms with E-state index in [0.29, 0.717) is 29.2 Å². The molecule has 0 amide bonds. The molecule has 2 aromatic rings. The van der Waals surface area contributed by atoms with Crippen molar-refractivity contribution in [2.24, 2.45) is 5.41 Å². The molecule has 0 aliphatic rings. The number of rotatable bonds is 7. The van der Waals surface area contributed by atoms with Crippen molar-refractivity contribution in [3.05, 3.63) is 36.5 Å². The van der Waals surface area contributed by atoms with Gasteiger partial charge in [0.05, 0.1) is 25.5 Å². The first-order valence-corrected chi connectivity index (χ1v) is 10.6. The summed E-state index contributed by atoms with van der Waals surface area (Å²) in [6.07, 6.45) is 2.06. The van der Waals surface area contributed by atoms with E-state index in [-0.39, 0.29) is 10.3 Å². The molecular formula is C21H30N2O4S. The van der Waals surface area contributed by atoms with Crippen molar-refractivity contribution in [2.45, 2.75) is 51.5 Å². The molecule has 2 rings (SSSR count). The lowest BCUT2D eigenvalue weighted by Gasteiger charge is -2.32. The lowest BCUT2D eigenvalue weighted by atomic mass is 9.82. The fraction of sp³-hybridized carbons (Fsp3) is 0.476. The standard InChI is InChI=1S/C21H30N2O4S/c1-20(2,3)14-21(4,5)23-28(24,25)15-11-12-16(22-13-15)19-17(26-6)9-8-10-18(19)27-7/h8-13,23H,14H2,1-7H3. The predicted molar refractivity (Wildman–Crippen MR) is 111 cm³/mol. The lowest BCUT2D eigenvalue weighted by molar-refractivity contribution is 0.269. The van der Waals surface area contributed by atoms with Crippen molar-refractivity contribution >= 4 is 10.0 Å². The molecule has 0 atom stereocenters. The van der Waals surface area contributed by atoms with Crippen molar-refractivity contribution in [1.82, 2.24) is 9.71 Å². The topological polar surface area (TPSA) is 77.5 Å². The van der Waals surface area contributed by atoms with Crippen LogP contribution in [0.5, 0.6) is 11.5 Å². The summed E-state index contributed by atoms with van der Waals surface area (Å²) in [4.78, 5) is 4.48. The minimum Gasteiger partial charge on any atom is -0.496 e. The number of pyridine rings is 1. The van der Waals surface area contributed by atoms with Gasteiger partial charge in [-0.05, 0) is 49.9 Å². The normalized spacial score (nSPS) is 12.7. The molecule has 1 aromatic carbocycles. The van der Waals surface area contributed by atoms with Gasteiger partial charge in [-0.3, -0.25) is 4.98 Å². The molecule has 7 heteroatoms. The van der Waals surface area contributed by atoms with Crippen LogP contribution in [0.15, 0.2) is 41.4 Å². The van der Waals surface area contributed by atoms with Gasteiger partial charge in [0.25, 0.3) is 0 Å². The number of nitrogens with one attached hydrogen (secondary N) is 1. The van der Waals surface area contributed by atoms with Crippen LogP contribution < -0.4 is 14.2 Å². The number of aromatic nitrogens is 1. The Bertz CT molecular complexity index is 892. The average Bonchev–Trinajstić information content (AvgIpc) is 2.57. The third-order valence-electron chi connectivity index (χ3n) is 4.11. The Hall–Kier alpha value is -2.12. The Morgan fingerprint density at radius 2 is 1.54 bits per heavy atom. The summed E-state index contributed by atoms with van der Waals surface area (Å²) >= 11 is 0. The average molecular weight is 407 g/mol. The molecule has 1 aromatic heterocycles. The zero-order valence-electron chi connectivity index (χ0n) is 17.7. The monoisotopic (exact) mass is 406 g/mol. The summed E-state index contributed by atoms with van der Waals surface area (Å²) in [5.74, 6) is 1.21. The van der Waals surface area contributed by atoms with E-state index >= 15 is 0 Å². The molecule has 0 saturated carbocycles. The molecule has 0 unspecified atom stereocenters. The highest BCUT2D eigenvalue weighted by atomic mass is 32.2. The Kier molecular flexibility index (Phi) is 6.41. The minimum atomic E-state index is -3.70. The molecule has 6 nitrogen and oxygen atoms in total. The molecule has 0 aliphatic heterocycles. The van der Waals surface area contributed by atoms with E-state index in [9.17, 15) is 8.42 Å². The van der Waals surface area contributed by atoms with Crippen LogP contribution in [-0.2, 0) is 10.0 Å². The molecule has 1 N–H and O–H groups in total. The molecule has 0 aliphatic carbocycles. The minimum absolute atomic E-state index is 0.00541. The summed E-state index contributed by atoms with van der Waals surface area (Å²) < 4.78 is 39.2. The molecule has 154 valence electrons. The van der Waals surface area contributed by atoms with Gasteiger partial charge in [-0.15, -0.1) is 0 Å². The van der Waals surface area contributed by atoms with Crippen LogP contribution in [0.4, 0.5) is 0 Å². The van der Waals surface area contributed by atoms with Crippen LogP contribution in [0.2, 0.25) is 0 Å². The van der Waals surface area contributed by atoms with E-state index < -0.39 is 15.6 Å². The quantitative estimate of drug-likeness (QED) is 0.743. The third kappa shape index (κ3) is 5.45. The van der Waals surface area contributed by atoms with Crippen LogP contribution in [0.1, 0.15) is 41.0 Å². The third-order valence-corrected chi connectivity index (χ3v) is 5.80. The summed E-state index contributed by atoms with van der Waals surface area (Å²) in [6.45, 7) is 10.0. The number of nitrogens with zero attached hydrogens (tertiary/aromatic N) is 1. The van der Waals surface area contributed by atoms with Crippen molar-refractivity contribution in [1.29, 1.82) is 0 Å². The van der Waals surface area contributed by atoms with Gasteiger partial charge < -0.3 is 9.47 Å². The predicted octanol–water partition coefficient (Wildman–Crippen LogP) is 4.26. The van der Waals surface area contributed by atoms with Crippen LogP contribution in [0.3, 0.4) is 0 Å². The van der Waals surface area contributed by atoms with Crippen LogP contribution in [0, 0.1) is 5.41 Å². The molecule has 0 fully saturated rings. The van der Waals surface area contributed by atoms with Gasteiger partial charge in [-0.2, -0.15) is 0 Å². The van der Waals surface area contributed by atoms with Gasteiger partial charge in [-0.1, -0.05) is 26.8 Å². The van der Waals surface area contributed by atoms with Crippen molar-refractivity contribution < 1.29 is 17.9 Å². The first-order valence-electron chi connectivity index (χ1n) is 9.10. The van der Waals surface area contributed by atoms with Crippen LogP contribution in [-0.4, -0.2) is 33.2 Å². The maximum atomic E-state index is 12.8. The summed E-state index contributed by atoms with van der Waals surface area (Å²) in [6, 6.07) is 8.64. The number of methoxy groups -OCH3 is 2. The van der Waals surface area contributed by atoms with E-state index in [1.165, 1.54) is 6.20 Å². The number of benzene rings is 1. The maximum Gasteiger partial charge on any atom is 0.242 e. The van der Waals surface area contributed by atoms with Gasteiger partial charge in [0.1, 0.15) is 16.4 Å². The van der Waals surface area contributed by atoms with Gasteiger partial charge in [0.2, 0.25) is 10.0 Å². The molecule has 0 spiro atoms. The Morgan fingerprint density at radius 3 is 1.96 bits per heavy atom. The van der Waals surface area contributed by atoms with E-state index in [4.69, 9.17) is 9.47 Å². The van der Waals surface area contributed by atoms with Gasteiger partial charge in [-0.25, -0.2) is 13.1 Å². The van der Waals surface area contributed by atoms with Gasteiger partial charge in [0.15, 0.2) is 0 Å². The molecule has 28 heavy (non-hydrogen) atoms. The van der Waals surface area contributed by atoms with Crippen molar-refractivity contribution in [3.8, 4) is 22.8 Å². The summed E-state index contributed by atoms with van der Waals surface area (Å²) in [7, 11) is -0.560. The Labute approximate surface area is 168 Å². The fourth-order valence-electron chi connectivity index (χ4n) is 3.58. The number of sulfonamides is 1. The largest absolute Gasteiger partial charge is 0.496 e. The molecule has 0 saturated heterocycles. The van der Waals surface area contributed by atoms with Crippen molar-refractivity contribution in [3.63, 3.8) is 0 Å². The highest BCUT2D eigenvalue weighted by Crippen LogP contribution is 2.37. The van der Waals surface area contributed by atoms with Gasteiger partial charge in [0, 0.05) is 11.7 Å². The molecule has 0 bridgehead atoms. The maximum absolute atomic E-state index is 12.8. The number of hydrogen-bond acceptors (Lipinski definition) is 5. The smallest absolute Gasteiger partial charge is 0.242 e. The molecular weight excluding hydrogens is 376 g/mol. The number of hydrogen-bond donors (Lipinski definition) is 1. The highest BCUT2D eigenvalue weighted by molar-refractivity contribution is 7.89. The Balaban J connectivity index is 2.35. The second kappa shape index (κ2) is 8.09. The van der Waals surface area contributed by atoms with Crippen LogP contribution in [0.25, 0.3) is 11.3 Å². The number of ether oxygens (including phenoxy) is 2. The van der Waals surface area contributed by atoms with Crippen molar-refractivity contribution in [2.75, 3.05) is 14.2 Å². The van der Waals surface area contributed by atoms with Crippen LogP contribution >= 0.6 is 0 Å². The second-order valence-electron chi connectivity index (χ2n) is 8.64. The van der Waals surface area contributed by atoms with E-state index in [0.717, 1.165) is 0 Å². The summed E-state index contributed by atoms with van der Waals surface area (Å²) in [5.41, 5.74) is 0.663. The van der Waals surface area contributed by atoms with E-state index in [1.54, 1.807) is 38.5 Å². The molecule has 1 heterocycles. The second-order valence-corrected chi connectivity index (χ2v) is 10.3. The van der Waals surface area contributed by atoms with E-state index in [1.807, 2.05) is 19.9 Å². The summed E-state index contributed by atoms with van der Waals surface area (Å²) in [5, 5.41) is 0. The zero-order valence-corrected chi connectivity index (χ0v) is 18.5. The zero-order chi connectivity index (χ0) is 21.2. The SMILES string of the molecule is COc1cccc(OC)c1-c1ccc(S(=O)(=O)NC(C)(C)CC(C)(C)C)cn1. The molecule has 0 radical (unpaired) electrons. The highest BCUT2D eigenvalue weighted by Gasteiger charge is 2.30.